The first-order valence-corrected chi connectivity index (χ1v) is 6.99. The molecule has 0 aliphatic rings. The van der Waals surface area contributed by atoms with Crippen LogP contribution in [0.1, 0.15) is 46.1 Å². The Balaban J connectivity index is 2.62. The second-order valence-electron chi connectivity index (χ2n) is 5.91. The third-order valence-electron chi connectivity index (χ3n) is 3.40. The summed E-state index contributed by atoms with van der Waals surface area (Å²) in [5.41, 5.74) is 6.03. The lowest BCUT2D eigenvalue weighted by molar-refractivity contribution is -0.126. The molecule has 0 radical (unpaired) electrons. The molecular formula is C16H26N2O. The summed E-state index contributed by atoms with van der Waals surface area (Å²) in [5.74, 6) is 0.535. The van der Waals surface area contributed by atoms with Crippen molar-refractivity contribution in [3.8, 4) is 0 Å². The van der Waals surface area contributed by atoms with Crippen molar-refractivity contribution in [2.45, 2.75) is 52.1 Å². The van der Waals surface area contributed by atoms with E-state index in [4.69, 9.17) is 5.73 Å². The van der Waals surface area contributed by atoms with E-state index in [2.05, 4.69) is 19.2 Å². The van der Waals surface area contributed by atoms with E-state index in [1.54, 1.807) is 6.92 Å². The Bertz CT molecular complexity index is 398. The van der Waals surface area contributed by atoms with Crippen LogP contribution in [-0.2, 0) is 10.3 Å². The number of hydrogen-bond acceptors (Lipinski definition) is 2. The Morgan fingerprint density at radius 2 is 1.79 bits per heavy atom. The van der Waals surface area contributed by atoms with E-state index in [0.29, 0.717) is 5.92 Å². The summed E-state index contributed by atoms with van der Waals surface area (Å²) in [6.45, 7) is 8.16. The molecule has 0 aliphatic carbocycles. The number of hydrogen-bond donors (Lipinski definition) is 2. The van der Waals surface area contributed by atoms with E-state index in [0.717, 1.165) is 18.4 Å². The van der Waals surface area contributed by atoms with Crippen molar-refractivity contribution in [3.05, 3.63) is 35.9 Å². The summed E-state index contributed by atoms with van der Waals surface area (Å²) in [5, 5.41) is 3.01. The van der Waals surface area contributed by atoms with Gasteiger partial charge in [0.15, 0.2) is 0 Å². The highest BCUT2D eigenvalue weighted by molar-refractivity contribution is 5.87. The normalized spacial score (nSPS) is 15.9. The molecule has 3 N–H and O–H groups in total. The molecule has 1 aromatic rings. The van der Waals surface area contributed by atoms with Crippen LogP contribution in [0, 0.1) is 5.92 Å². The molecule has 1 rings (SSSR count). The number of benzene rings is 1. The van der Waals surface area contributed by atoms with Gasteiger partial charge < -0.3 is 11.1 Å². The molecule has 1 amide bonds. The van der Waals surface area contributed by atoms with E-state index in [9.17, 15) is 4.79 Å². The highest BCUT2D eigenvalue weighted by Gasteiger charge is 2.30. The Morgan fingerprint density at radius 1 is 1.21 bits per heavy atom. The molecule has 19 heavy (non-hydrogen) atoms. The maximum absolute atomic E-state index is 12.3. The van der Waals surface area contributed by atoms with Crippen LogP contribution in [0.2, 0.25) is 0 Å². The van der Waals surface area contributed by atoms with E-state index in [1.807, 2.05) is 37.3 Å². The lowest BCUT2D eigenvalue weighted by Crippen LogP contribution is -2.51. The van der Waals surface area contributed by atoms with Gasteiger partial charge in [0, 0.05) is 6.04 Å². The maximum Gasteiger partial charge on any atom is 0.244 e. The lowest BCUT2D eigenvalue weighted by Gasteiger charge is -2.26. The zero-order valence-electron chi connectivity index (χ0n) is 12.4. The molecule has 3 heteroatoms. The van der Waals surface area contributed by atoms with Crippen molar-refractivity contribution in [2.75, 3.05) is 0 Å². The average molecular weight is 262 g/mol. The molecule has 106 valence electrons. The fourth-order valence-electron chi connectivity index (χ4n) is 1.94. The molecular weight excluding hydrogens is 236 g/mol. The third-order valence-corrected chi connectivity index (χ3v) is 3.40. The lowest BCUT2D eigenvalue weighted by atomic mass is 9.91. The molecule has 0 saturated heterocycles. The second-order valence-corrected chi connectivity index (χ2v) is 5.91. The highest BCUT2D eigenvalue weighted by Crippen LogP contribution is 2.18. The van der Waals surface area contributed by atoms with Gasteiger partial charge in [0.1, 0.15) is 5.54 Å². The van der Waals surface area contributed by atoms with Crippen molar-refractivity contribution in [1.29, 1.82) is 0 Å². The van der Waals surface area contributed by atoms with E-state index in [1.165, 1.54) is 0 Å². The fourth-order valence-corrected chi connectivity index (χ4v) is 1.94. The van der Waals surface area contributed by atoms with Crippen LogP contribution < -0.4 is 11.1 Å². The highest BCUT2D eigenvalue weighted by atomic mass is 16.2. The zero-order valence-corrected chi connectivity index (χ0v) is 12.4. The molecule has 0 spiro atoms. The number of rotatable bonds is 6. The van der Waals surface area contributed by atoms with Crippen LogP contribution in [0.25, 0.3) is 0 Å². The quantitative estimate of drug-likeness (QED) is 0.828. The third kappa shape index (κ3) is 4.67. The molecule has 0 aliphatic heterocycles. The molecule has 3 nitrogen and oxygen atoms in total. The number of carbonyl (C=O) groups excluding carboxylic acids is 1. The first kappa shape index (κ1) is 15.7. The van der Waals surface area contributed by atoms with Crippen LogP contribution in [0.15, 0.2) is 30.3 Å². The average Bonchev–Trinajstić information content (AvgIpc) is 2.37. The molecule has 1 aromatic carbocycles. The summed E-state index contributed by atoms with van der Waals surface area (Å²) >= 11 is 0. The first-order valence-electron chi connectivity index (χ1n) is 6.99. The summed E-state index contributed by atoms with van der Waals surface area (Å²) in [6, 6.07) is 9.65. The molecule has 2 atom stereocenters. The first-order chi connectivity index (χ1) is 8.84. The Labute approximate surface area is 116 Å². The van der Waals surface area contributed by atoms with E-state index in [-0.39, 0.29) is 11.9 Å². The Hall–Kier alpha value is -1.35. The van der Waals surface area contributed by atoms with Crippen molar-refractivity contribution < 1.29 is 4.79 Å². The van der Waals surface area contributed by atoms with Crippen LogP contribution in [0.4, 0.5) is 0 Å². The summed E-state index contributed by atoms with van der Waals surface area (Å²) in [6.07, 6.45) is 2.09. The van der Waals surface area contributed by atoms with Gasteiger partial charge in [-0.1, -0.05) is 44.2 Å². The minimum absolute atomic E-state index is 0.116. The van der Waals surface area contributed by atoms with Crippen LogP contribution in [0.3, 0.4) is 0 Å². The zero-order chi connectivity index (χ0) is 14.5. The van der Waals surface area contributed by atoms with Gasteiger partial charge >= 0.3 is 0 Å². The van der Waals surface area contributed by atoms with E-state index < -0.39 is 5.54 Å². The topological polar surface area (TPSA) is 55.1 Å². The molecule has 0 fully saturated rings. The molecule has 0 aromatic heterocycles. The van der Waals surface area contributed by atoms with Crippen molar-refractivity contribution >= 4 is 5.91 Å². The summed E-state index contributed by atoms with van der Waals surface area (Å²) in [4.78, 5) is 12.3. The largest absolute Gasteiger partial charge is 0.352 e. The van der Waals surface area contributed by atoms with Crippen LogP contribution in [-0.4, -0.2) is 11.9 Å². The van der Waals surface area contributed by atoms with Gasteiger partial charge in [0.25, 0.3) is 0 Å². The molecule has 0 heterocycles. The number of carbonyl (C=O) groups is 1. The number of nitrogens with two attached hydrogens (primary N) is 1. The van der Waals surface area contributed by atoms with Crippen molar-refractivity contribution in [2.24, 2.45) is 11.7 Å². The van der Waals surface area contributed by atoms with Gasteiger partial charge in [-0.15, -0.1) is 0 Å². The monoisotopic (exact) mass is 262 g/mol. The van der Waals surface area contributed by atoms with Gasteiger partial charge in [-0.05, 0) is 38.2 Å². The standard InChI is InChI=1S/C16H26N2O/c1-12(2)10-11-13(3)18-15(19)16(4,17)14-8-6-5-7-9-14/h5-9,12-13H,10-11,17H2,1-4H3,(H,18,19). The number of nitrogens with one attached hydrogen (secondary N) is 1. The summed E-state index contributed by atoms with van der Waals surface area (Å²) in [7, 11) is 0. The predicted molar refractivity (Wildman–Crippen MR) is 79.7 cm³/mol. The Kier molecular flexibility index (Phi) is 5.55. The molecule has 0 saturated carbocycles. The van der Waals surface area contributed by atoms with E-state index >= 15 is 0 Å². The van der Waals surface area contributed by atoms with Crippen molar-refractivity contribution in [1.82, 2.24) is 5.32 Å². The van der Waals surface area contributed by atoms with Gasteiger partial charge in [-0.25, -0.2) is 0 Å². The smallest absolute Gasteiger partial charge is 0.244 e. The minimum Gasteiger partial charge on any atom is -0.352 e. The Morgan fingerprint density at radius 3 is 2.32 bits per heavy atom. The number of amides is 1. The van der Waals surface area contributed by atoms with Crippen LogP contribution in [0.5, 0.6) is 0 Å². The van der Waals surface area contributed by atoms with Gasteiger partial charge in [-0.3, -0.25) is 4.79 Å². The summed E-state index contributed by atoms with van der Waals surface area (Å²) < 4.78 is 0. The van der Waals surface area contributed by atoms with Crippen LogP contribution >= 0.6 is 0 Å². The molecule has 2 unspecified atom stereocenters. The predicted octanol–water partition coefficient (Wildman–Crippen LogP) is 2.80. The maximum atomic E-state index is 12.3. The fraction of sp³-hybridized carbons (Fsp3) is 0.562. The van der Waals surface area contributed by atoms with Gasteiger partial charge in [0.05, 0.1) is 0 Å². The minimum atomic E-state index is -0.979. The van der Waals surface area contributed by atoms with Crippen molar-refractivity contribution in [3.63, 3.8) is 0 Å². The SMILES string of the molecule is CC(C)CCC(C)NC(=O)C(C)(N)c1ccccc1. The molecule has 0 bridgehead atoms. The van der Waals surface area contributed by atoms with Gasteiger partial charge in [-0.2, -0.15) is 0 Å². The second kappa shape index (κ2) is 6.71. The van der Waals surface area contributed by atoms with Gasteiger partial charge in [0.2, 0.25) is 5.91 Å².